The molecule has 0 N–H and O–H groups in total. The number of piperazine rings is 1. The van der Waals surface area contributed by atoms with E-state index in [-0.39, 0.29) is 0 Å². The number of aromatic nitrogens is 1. The molecule has 0 bridgehead atoms. The smallest absolute Gasteiger partial charge is 0.152 e. The Kier molecular flexibility index (Phi) is 6.43. The molecule has 34 heavy (non-hydrogen) atoms. The highest BCUT2D eigenvalue weighted by Crippen LogP contribution is 2.35. The van der Waals surface area contributed by atoms with Crippen LogP contribution in [0.2, 0.25) is 0 Å². The van der Waals surface area contributed by atoms with Gasteiger partial charge in [0.05, 0.1) is 6.10 Å². The average molecular weight is 523 g/mol. The first-order valence-corrected chi connectivity index (χ1v) is 13.1. The molecule has 0 saturated carbocycles. The number of ether oxygens (including phenoxy) is 2. The Morgan fingerprint density at radius 1 is 1.03 bits per heavy atom. The van der Waals surface area contributed by atoms with E-state index in [1.165, 1.54) is 28.6 Å². The van der Waals surface area contributed by atoms with Gasteiger partial charge in [-0.1, -0.05) is 22.0 Å². The molecular formula is C27H31BrN4O2. The summed E-state index contributed by atoms with van der Waals surface area (Å²) in [4.78, 5) is 12.2. The second-order valence-electron chi connectivity index (χ2n) is 9.58. The summed E-state index contributed by atoms with van der Waals surface area (Å²) in [5, 5.41) is 1.21. The first-order chi connectivity index (χ1) is 16.7. The molecular weight excluding hydrogens is 492 g/mol. The van der Waals surface area contributed by atoms with Crippen molar-refractivity contribution in [3.8, 4) is 5.75 Å². The minimum absolute atomic E-state index is 0.338. The van der Waals surface area contributed by atoms with Gasteiger partial charge in [-0.25, -0.2) is 0 Å². The second kappa shape index (κ2) is 9.82. The van der Waals surface area contributed by atoms with E-state index in [0.717, 1.165) is 74.6 Å². The Hall–Kier alpha value is -2.19. The molecule has 3 aromatic rings. The maximum absolute atomic E-state index is 6.26. The van der Waals surface area contributed by atoms with E-state index in [1.54, 1.807) is 0 Å². The van der Waals surface area contributed by atoms with Gasteiger partial charge in [-0.3, -0.25) is 14.8 Å². The zero-order valence-electron chi connectivity index (χ0n) is 19.5. The lowest BCUT2D eigenvalue weighted by Crippen LogP contribution is -2.46. The molecule has 7 heteroatoms. The highest BCUT2D eigenvalue weighted by atomic mass is 79.9. The molecule has 2 fully saturated rings. The fourth-order valence-electron chi connectivity index (χ4n) is 5.45. The third-order valence-electron chi connectivity index (χ3n) is 7.24. The maximum Gasteiger partial charge on any atom is 0.152 e. The molecule has 0 amide bonds. The number of nitrogens with zero attached hydrogens (tertiary/aromatic N) is 4. The highest BCUT2D eigenvalue weighted by Gasteiger charge is 2.26. The molecule has 0 spiro atoms. The van der Waals surface area contributed by atoms with Gasteiger partial charge in [0.25, 0.3) is 0 Å². The normalized spacial score (nSPS) is 21.6. The summed E-state index contributed by atoms with van der Waals surface area (Å²) in [5.74, 6) is 0.961. The fourth-order valence-corrected chi connectivity index (χ4v) is 5.72. The van der Waals surface area contributed by atoms with Crippen LogP contribution in [0.1, 0.15) is 24.0 Å². The topological polar surface area (TPSA) is 41.1 Å². The Labute approximate surface area is 209 Å². The molecule has 6 nitrogen and oxygen atoms in total. The van der Waals surface area contributed by atoms with Crippen LogP contribution in [-0.2, 0) is 17.8 Å². The standard InChI is InChI=1S/C27H31BrN4O2/c28-22-5-7-23(8-6-22)32-12-10-30(11-13-32)16-20-15-21-17-31(18-24-3-2-14-33-24)19-34-27(21)26-25(20)4-1-9-29-26/h1,4-9,15,24H,2-3,10-14,16-19H2. The zero-order chi connectivity index (χ0) is 22.9. The van der Waals surface area contributed by atoms with E-state index in [0.29, 0.717) is 12.8 Å². The van der Waals surface area contributed by atoms with E-state index in [1.807, 2.05) is 12.3 Å². The van der Waals surface area contributed by atoms with Gasteiger partial charge in [0.2, 0.25) is 0 Å². The first-order valence-electron chi connectivity index (χ1n) is 12.3. The summed E-state index contributed by atoms with van der Waals surface area (Å²) in [6.45, 7) is 8.46. The van der Waals surface area contributed by atoms with Gasteiger partial charge in [0.1, 0.15) is 12.2 Å². The van der Waals surface area contributed by atoms with Crippen LogP contribution in [-0.4, -0.2) is 66.9 Å². The van der Waals surface area contributed by atoms with Crippen molar-refractivity contribution < 1.29 is 9.47 Å². The maximum atomic E-state index is 6.26. The lowest BCUT2D eigenvalue weighted by Gasteiger charge is -2.36. The zero-order valence-corrected chi connectivity index (χ0v) is 21.0. The van der Waals surface area contributed by atoms with Crippen LogP contribution in [0.5, 0.6) is 5.75 Å². The number of rotatable bonds is 5. The minimum Gasteiger partial charge on any atom is -0.475 e. The van der Waals surface area contributed by atoms with Crippen LogP contribution in [0.15, 0.2) is 53.1 Å². The van der Waals surface area contributed by atoms with Crippen molar-refractivity contribution in [3.05, 3.63) is 64.3 Å². The molecule has 178 valence electrons. The third kappa shape index (κ3) is 4.67. The predicted molar refractivity (Wildman–Crippen MR) is 138 cm³/mol. The summed E-state index contributed by atoms with van der Waals surface area (Å²) < 4.78 is 13.2. The fraction of sp³-hybridized carbons (Fsp3) is 0.444. The van der Waals surface area contributed by atoms with Gasteiger partial charge in [-0.2, -0.15) is 0 Å². The van der Waals surface area contributed by atoms with E-state index >= 15 is 0 Å². The summed E-state index contributed by atoms with van der Waals surface area (Å²) >= 11 is 3.54. The quantitative estimate of drug-likeness (QED) is 0.485. The number of hydrogen-bond acceptors (Lipinski definition) is 6. The summed E-state index contributed by atoms with van der Waals surface area (Å²) in [7, 11) is 0. The largest absolute Gasteiger partial charge is 0.475 e. The van der Waals surface area contributed by atoms with Crippen molar-refractivity contribution in [2.45, 2.75) is 32.0 Å². The third-order valence-corrected chi connectivity index (χ3v) is 7.77. The van der Waals surface area contributed by atoms with E-state index < -0.39 is 0 Å². The molecule has 4 heterocycles. The molecule has 1 aromatic heterocycles. The number of fused-ring (bicyclic) bond motifs is 3. The van der Waals surface area contributed by atoms with Crippen molar-refractivity contribution >= 4 is 32.5 Å². The second-order valence-corrected chi connectivity index (χ2v) is 10.5. The van der Waals surface area contributed by atoms with E-state index in [9.17, 15) is 0 Å². The van der Waals surface area contributed by atoms with Crippen LogP contribution in [0.3, 0.4) is 0 Å². The number of hydrogen-bond donors (Lipinski definition) is 0. The summed E-state index contributed by atoms with van der Waals surface area (Å²) in [6.07, 6.45) is 4.54. The van der Waals surface area contributed by atoms with Gasteiger partial charge in [0, 0.05) is 79.7 Å². The summed E-state index contributed by atoms with van der Waals surface area (Å²) in [5.41, 5.74) is 4.90. The molecule has 1 atom stereocenters. The monoisotopic (exact) mass is 522 g/mol. The van der Waals surface area contributed by atoms with Crippen LogP contribution < -0.4 is 9.64 Å². The SMILES string of the molecule is Brc1ccc(N2CCN(Cc3cc4c(c5ncccc35)OCN(CC3CCCO3)C4)CC2)cc1. The number of benzene rings is 2. The van der Waals surface area contributed by atoms with Crippen LogP contribution >= 0.6 is 15.9 Å². The van der Waals surface area contributed by atoms with Gasteiger partial charge in [0.15, 0.2) is 5.75 Å². The van der Waals surface area contributed by atoms with Crippen LogP contribution in [0.25, 0.3) is 10.9 Å². The van der Waals surface area contributed by atoms with E-state index in [2.05, 4.69) is 67.0 Å². The van der Waals surface area contributed by atoms with Gasteiger partial charge < -0.3 is 14.4 Å². The van der Waals surface area contributed by atoms with Gasteiger partial charge in [-0.05, 0) is 54.8 Å². The van der Waals surface area contributed by atoms with Crippen molar-refractivity contribution in [2.75, 3.05) is 51.0 Å². The van der Waals surface area contributed by atoms with Crippen LogP contribution in [0, 0.1) is 0 Å². The van der Waals surface area contributed by atoms with E-state index in [4.69, 9.17) is 14.5 Å². The highest BCUT2D eigenvalue weighted by molar-refractivity contribution is 9.10. The number of pyridine rings is 1. The van der Waals surface area contributed by atoms with Gasteiger partial charge in [-0.15, -0.1) is 0 Å². The number of anilines is 1. The molecule has 0 radical (unpaired) electrons. The molecule has 2 aromatic carbocycles. The van der Waals surface area contributed by atoms with Crippen molar-refractivity contribution in [3.63, 3.8) is 0 Å². The molecule has 1 unspecified atom stereocenters. The lowest BCUT2D eigenvalue weighted by molar-refractivity contribution is 0.0285. The molecule has 6 rings (SSSR count). The molecule has 3 aliphatic heterocycles. The minimum atomic E-state index is 0.338. The molecule has 2 saturated heterocycles. The van der Waals surface area contributed by atoms with Crippen LogP contribution in [0.4, 0.5) is 5.69 Å². The van der Waals surface area contributed by atoms with Gasteiger partial charge >= 0.3 is 0 Å². The Balaban J connectivity index is 1.18. The lowest BCUT2D eigenvalue weighted by atomic mass is 10.0. The van der Waals surface area contributed by atoms with Crippen molar-refractivity contribution in [2.24, 2.45) is 0 Å². The Bertz CT molecular complexity index is 1140. The number of halogens is 1. The van der Waals surface area contributed by atoms with Crippen molar-refractivity contribution in [1.82, 2.24) is 14.8 Å². The van der Waals surface area contributed by atoms with Crippen molar-refractivity contribution in [1.29, 1.82) is 0 Å². The summed E-state index contributed by atoms with van der Waals surface area (Å²) in [6, 6.07) is 15.2. The predicted octanol–water partition coefficient (Wildman–Crippen LogP) is 4.65. The molecule has 3 aliphatic rings. The average Bonchev–Trinajstić information content (AvgIpc) is 3.38. The Morgan fingerprint density at radius 2 is 1.88 bits per heavy atom. The first kappa shape index (κ1) is 22.3. The molecule has 0 aliphatic carbocycles. The Morgan fingerprint density at radius 3 is 2.68 bits per heavy atom.